The molecule has 1 heterocycles. The standard InChI is InChI=1S/C17H26O/c1-11-7-8-14(17(4,5)6)10-15(11)12(2)9-16-13(3)18-16/h7-8,10,12-13,16H,9H2,1-6H3. The average molecular weight is 246 g/mol. The third-order valence-electron chi connectivity index (χ3n) is 4.10. The maximum absolute atomic E-state index is 5.55. The van der Waals surface area contributed by atoms with E-state index in [-0.39, 0.29) is 5.41 Å². The lowest BCUT2D eigenvalue weighted by Gasteiger charge is -2.23. The molecule has 1 nitrogen and oxygen atoms in total. The zero-order valence-electron chi connectivity index (χ0n) is 12.6. The summed E-state index contributed by atoms with van der Waals surface area (Å²) >= 11 is 0. The van der Waals surface area contributed by atoms with Gasteiger partial charge in [0.15, 0.2) is 0 Å². The summed E-state index contributed by atoms with van der Waals surface area (Å²) in [5, 5.41) is 0. The van der Waals surface area contributed by atoms with Crippen molar-refractivity contribution in [3.05, 3.63) is 34.9 Å². The third kappa shape index (κ3) is 2.95. The fourth-order valence-corrected chi connectivity index (χ4v) is 2.59. The fraction of sp³-hybridized carbons (Fsp3) is 0.647. The van der Waals surface area contributed by atoms with Crippen molar-refractivity contribution in [3.63, 3.8) is 0 Å². The van der Waals surface area contributed by atoms with Gasteiger partial charge in [0, 0.05) is 0 Å². The lowest BCUT2D eigenvalue weighted by molar-refractivity contribution is 0.362. The molecule has 0 radical (unpaired) electrons. The van der Waals surface area contributed by atoms with Crippen molar-refractivity contribution in [3.8, 4) is 0 Å². The van der Waals surface area contributed by atoms with E-state index in [9.17, 15) is 0 Å². The van der Waals surface area contributed by atoms with Gasteiger partial charge in [-0.1, -0.05) is 45.9 Å². The maximum Gasteiger partial charge on any atom is 0.0844 e. The molecule has 1 fully saturated rings. The van der Waals surface area contributed by atoms with E-state index in [1.807, 2.05) is 0 Å². The molecule has 1 aliphatic rings. The number of hydrogen-bond acceptors (Lipinski definition) is 1. The Morgan fingerprint density at radius 3 is 2.39 bits per heavy atom. The summed E-state index contributed by atoms with van der Waals surface area (Å²) in [6.45, 7) is 13.5. The molecular formula is C17H26O. The van der Waals surface area contributed by atoms with Crippen LogP contribution in [0.1, 0.15) is 63.6 Å². The smallest absolute Gasteiger partial charge is 0.0844 e. The van der Waals surface area contributed by atoms with E-state index in [0.717, 1.165) is 6.42 Å². The van der Waals surface area contributed by atoms with Gasteiger partial charge in [0.05, 0.1) is 12.2 Å². The fourth-order valence-electron chi connectivity index (χ4n) is 2.59. The van der Waals surface area contributed by atoms with E-state index in [2.05, 4.69) is 59.7 Å². The number of benzene rings is 1. The molecule has 1 heteroatoms. The Morgan fingerprint density at radius 1 is 1.28 bits per heavy atom. The van der Waals surface area contributed by atoms with E-state index < -0.39 is 0 Å². The van der Waals surface area contributed by atoms with Crippen LogP contribution in [-0.4, -0.2) is 12.2 Å². The highest BCUT2D eigenvalue weighted by atomic mass is 16.6. The lowest BCUT2D eigenvalue weighted by Crippen LogP contribution is -2.12. The number of hydrogen-bond donors (Lipinski definition) is 0. The molecule has 2 rings (SSSR count). The molecule has 1 aromatic carbocycles. The molecule has 0 bridgehead atoms. The SMILES string of the molecule is Cc1ccc(C(C)(C)C)cc1C(C)CC1OC1C. The predicted octanol–water partition coefficient (Wildman–Crippen LogP) is 4.57. The first kappa shape index (κ1) is 13.6. The second-order valence-corrected chi connectivity index (χ2v) is 6.84. The number of ether oxygens (including phenoxy) is 1. The Labute approximate surface area is 112 Å². The first-order valence-corrected chi connectivity index (χ1v) is 7.05. The largest absolute Gasteiger partial charge is 0.370 e. The summed E-state index contributed by atoms with van der Waals surface area (Å²) in [5.41, 5.74) is 4.56. The summed E-state index contributed by atoms with van der Waals surface area (Å²) in [7, 11) is 0. The zero-order chi connectivity index (χ0) is 13.5. The van der Waals surface area contributed by atoms with Gasteiger partial charge in [0.25, 0.3) is 0 Å². The van der Waals surface area contributed by atoms with Gasteiger partial charge in [-0.3, -0.25) is 0 Å². The van der Waals surface area contributed by atoms with E-state index in [0.29, 0.717) is 18.1 Å². The van der Waals surface area contributed by atoms with Crippen molar-refractivity contribution in [2.75, 3.05) is 0 Å². The van der Waals surface area contributed by atoms with Crippen LogP contribution in [-0.2, 0) is 10.2 Å². The quantitative estimate of drug-likeness (QED) is 0.712. The molecule has 1 aromatic rings. The molecule has 0 amide bonds. The van der Waals surface area contributed by atoms with Crippen LogP contribution in [0.15, 0.2) is 18.2 Å². The summed E-state index contributed by atoms with van der Waals surface area (Å²) in [6.07, 6.45) is 2.10. The molecule has 100 valence electrons. The van der Waals surface area contributed by atoms with Gasteiger partial charge in [-0.05, 0) is 48.3 Å². The van der Waals surface area contributed by atoms with Crippen LogP contribution in [0.25, 0.3) is 0 Å². The predicted molar refractivity (Wildman–Crippen MR) is 77.2 cm³/mol. The monoisotopic (exact) mass is 246 g/mol. The highest BCUT2D eigenvalue weighted by Crippen LogP contribution is 2.35. The Morgan fingerprint density at radius 2 is 1.89 bits per heavy atom. The van der Waals surface area contributed by atoms with Crippen molar-refractivity contribution in [1.82, 2.24) is 0 Å². The summed E-state index contributed by atoms with van der Waals surface area (Å²) in [5.74, 6) is 0.585. The van der Waals surface area contributed by atoms with Crippen LogP contribution in [0.5, 0.6) is 0 Å². The van der Waals surface area contributed by atoms with Crippen molar-refractivity contribution in [2.24, 2.45) is 0 Å². The maximum atomic E-state index is 5.55. The van der Waals surface area contributed by atoms with Crippen LogP contribution in [0.3, 0.4) is 0 Å². The molecule has 18 heavy (non-hydrogen) atoms. The normalized spacial score (nSPS) is 25.0. The van der Waals surface area contributed by atoms with Crippen LogP contribution < -0.4 is 0 Å². The highest BCUT2D eigenvalue weighted by molar-refractivity contribution is 5.36. The van der Waals surface area contributed by atoms with Gasteiger partial charge in [-0.15, -0.1) is 0 Å². The molecule has 3 atom stereocenters. The van der Waals surface area contributed by atoms with E-state index in [4.69, 9.17) is 4.74 Å². The highest BCUT2D eigenvalue weighted by Gasteiger charge is 2.35. The van der Waals surface area contributed by atoms with Gasteiger partial charge >= 0.3 is 0 Å². The third-order valence-corrected chi connectivity index (χ3v) is 4.10. The van der Waals surface area contributed by atoms with Gasteiger partial charge in [0.1, 0.15) is 0 Å². The minimum Gasteiger partial charge on any atom is -0.370 e. The van der Waals surface area contributed by atoms with Gasteiger partial charge in [0.2, 0.25) is 0 Å². The molecular weight excluding hydrogens is 220 g/mol. The second kappa shape index (κ2) is 4.70. The van der Waals surface area contributed by atoms with E-state index in [1.54, 1.807) is 0 Å². The lowest BCUT2D eigenvalue weighted by atomic mass is 9.82. The molecule has 0 N–H and O–H groups in total. The number of aryl methyl sites for hydroxylation is 1. The van der Waals surface area contributed by atoms with Gasteiger partial charge in [-0.2, -0.15) is 0 Å². The Kier molecular flexibility index (Phi) is 3.55. The Balaban J connectivity index is 2.20. The first-order valence-electron chi connectivity index (χ1n) is 7.05. The van der Waals surface area contributed by atoms with Crippen molar-refractivity contribution < 1.29 is 4.74 Å². The van der Waals surface area contributed by atoms with Crippen molar-refractivity contribution in [1.29, 1.82) is 0 Å². The van der Waals surface area contributed by atoms with Gasteiger partial charge in [-0.25, -0.2) is 0 Å². The zero-order valence-corrected chi connectivity index (χ0v) is 12.6. The minimum atomic E-state index is 0.228. The van der Waals surface area contributed by atoms with Gasteiger partial charge < -0.3 is 4.74 Å². The molecule has 0 saturated carbocycles. The molecule has 3 unspecified atom stereocenters. The molecule has 1 saturated heterocycles. The average Bonchev–Trinajstić information content (AvgIpc) is 2.92. The minimum absolute atomic E-state index is 0.228. The Bertz CT molecular complexity index is 428. The van der Waals surface area contributed by atoms with Crippen molar-refractivity contribution in [2.45, 2.75) is 71.5 Å². The molecule has 0 aromatic heterocycles. The Hall–Kier alpha value is -0.820. The van der Waals surface area contributed by atoms with E-state index >= 15 is 0 Å². The van der Waals surface area contributed by atoms with Crippen LogP contribution in [0, 0.1) is 6.92 Å². The molecule has 0 spiro atoms. The number of epoxide rings is 1. The second-order valence-electron chi connectivity index (χ2n) is 6.84. The number of rotatable bonds is 3. The molecule has 1 aliphatic heterocycles. The van der Waals surface area contributed by atoms with Crippen molar-refractivity contribution >= 4 is 0 Å². The van der Waals surface area contributed by atoms with Crippen LogP contribution in [0.2, 0.25) is 0 Å². The molecule has 0 aliphatic carbocycles. The first-order chi connectivity index (χ1) is 8.29. The summed E-state index contributed by atoms with van der Waals surface area (Å²) < 4.78 is 5.55. The van der Waals surface area contributed by atoms with Crippen LogP contribution in [0.4, 0.5) is 0 Å². The van der Waals surface area contributed by atoms with Crippen LogP contribution >= 0.6 is 0 Å². The summed E-state index contributed by atoms with van der Waals surface area (Å²) in [4.78, 5) is 0. The topological polar surface area (TPSA) is 12.5 Å². The van der Waals surface area contributed by atoms with E-state index in [1.165, 1.54) is 16.7 Å². The summed E-state index contributed by atoms with van der Waals surface area (Å²) in [6, 6.07) is 6.93.